The number of Topliss-reactive ketones (excluding diaryl/α,β-unsaturated/α-hetero) is 2. The van der Waals surface area contributed by atoms with Crippen LogP contribution in [-0.2, 0) is 28.6 Å². The summed E-state index contributed by atoms with van der Waals surface area (Å²) in [6, 6.07) is 0. The number of hydrogen-bond donors (Lipinski definition) is 0. The average Bonchev–Trinajstić information content (AvgIpc) is 3.26. The van der Waals surface area contributed by atoms with Gasteiger partial charge in [0, 0.05) is 30.6 Å². The first-order chi connectivity index (χ1) is 14.6. The van der Waals surface area contributed by atoms with E-state index in [1.807, 2.05) is 0 Å². The predicted octanol–water partition coefficient (Wildman–Crippen LogP) is 3.70. The molecule has 5 aliphatic rings. The van der Waals surface area contributed by atoms with Crippen LogP contribution in [0.5, 0.6) is 0 Å². The van der Waals surface area contributed by atoms with Gasteiger partial charge in [0.05, 0.1) is 19.6 Å². The summed E-state index contributed by atoms with van der Waals surface area (Å²) in [5.41, 5.74) is -0.702. The van der Waals surface area contributed by atoms with Gasteiger partial charge in [0.25, 0.3) is 0 Å². The molecule has 8 atom stereocenters. The fourth-order valence-electron chi connectivity index (χ4n) is 8.85. The molecule has 0 aromatic rings. The molecule has 0 bridgehead atoms. The van der Waals surface area contributed by atoms with Gasteiger partial charge in [-0.3, -0.25) is 14.4 Å². The molecule has 0 amide bonds. The Hall–Kier alpha value is -1.27. The van der Waals surface area contributed by atoms with Gasteiger partial charge < -0.3 is 14.2 Å². The highest BCUT2D eigenvalue weighted by atomic mass is 16.7. The van der Waals surface area contributed by atoms with E-state index in [0.29, 0.717) is 31.5 Å². The highest BCUT2D eigenvalue weighted by molar-refractivity contribution is 5.87. The van der Waals surface area contributed by atoms with Crippen LogP contribution in [0, 0.1) is 40.4 Å². The van der Waals surface area contributed by atoms with Crippen molar-refractivity contribution in [3.63, 3.8) is 0 Å². The van der Waals surface area contributed by atoms with E-state index in [-0.39, 0.29) is 53.2 Å². The second-order valence-electron chi connectivity index (χ2n) is 11.4. The monoisotopic (exact) mass is 432 g/mol. The van der Waals surface area contributed by atoms with Crippen molar-refractivity contribution in [1.82, 2.24) is 0 Å². The number of rotatable bonds is 2. The van der Waals surface area contributed by atoms with Crippen LogP contribution in [-0.4, -0.2) is 42.6 Å². The summed E-state index contributed by atoms with van der Waals surface area (Å²) in [6.07, 6.45) is 5.29. The normalized spacial score (nSPS) is 48.1. The third-order valence-electron chi connectivity index (χ3n) is 10.0. The molecule has 6 nitrogen and oxygen atoms in total. The van der Waals surface area contributed by atoms with Crippen molar-refractivity contribution in [3.8, 4) is 0 Å². The Morgan fingerprint density at radius 1 is 1.00 bits per heavy atom. The van der Waals surface area contributed by atoms with E-state index < -0.39 is 11.2 Å². The number of carbonyl (C=O) groups is 3. The zero-order valence-electron chi connectivity index (χ0n) is 19.3. The third kappa shape index (κ3) is 3.00. The van der Waals surface area contributed by atoms with Gasteiger partial charge in [-0.15, -0.1) is 0 Å². The highest BCUT2D eigenvalue weighted by Gasteiger charge is 2.68. The maximum absolute atomic E-state index is 13.8. The Morgan fingerprint density at radius 3 is 2.35 bits per heavy atom. The predicted molar refractivity (Wildman–Crippen MR) is 112 cm³/mol. The topological polar surface area (TPSA) is 78.9 Å². The molecule has 0 aromatic heterocycles. The van der Waals surface area contributed by atoms with E-state index in [2.05, 4.69) is 13.8 Å². The summed E-state index contributed by atoms with van der Waals surface area (Å²) in [6.45, 7) is 8.61. The van der Waals surface area contributed by atoms with E-state index in [1.54, 1.807) is 6.92 Å². The summed E-state index contributed by atoms with van der Waals surface area (Å²) in [5, 5.41) is 0. The number of esters is 1. The first kappa shape index (κ1) is 21.6. The molecular weight excluding hydrogens is 396 g/mol. The summed E-state index contributed by atoms with van der Waals surface area (Å²) in [5.74, 6) is 0.296. The molecule has 0 N–H and O–H groups in total. The molecule has 4 aliphatic carbocycles. The summed E-state index contributed by atoms with van der Waals surface area (Å²) < 4.78 is 17.8. The van der Waals surface area contributed by atoms with Crippen molar-refractivity contribution in [2.24, 2.45) is 40.4 Å². The fourth-order valence-corrected chi connectivity index (χ4v) is 8.85. The highest BCUT2D eigenvalue weighted by Crippen LogP contribution is 2.68. The van der Waals surface area contributed by atoms with Crippen LogP contribution < -0.4 is 0 Å². The lowest BCUT2D eigenvalue weighted by atomic mass is 9.43. The van der Waals surface area contributed by atoms with Crippen LogP contribution in [0.2, 0.25) is 0 Å². The van der Waals surface area contributed by atoms with E-state index in [1.165, 1.54) is 6.92 Å². The van der Waals surface area contributed by atoms with Crippen LogP contribution in [0.25, 0.3) is 0 Å². The quantitative estimate of drug-likeness (QED) is 0.619. The Balaban J connectivity index is 1.53. The van der Waals surface area contributed by atoms with Gasteiger partial charge in [0.2, 0.25) is 0 Å². The smallest absolute Gasteiger partial charge is 0.302 e. The summed E-state index contributed by atoms with van der Waals surface area (Å²) in [4.78, 5) is 38.4. The maximum atomic E-state index is 13.8. The Bertz CT molecular complexity index is 800. The summed E-state index contributed by atoms with van der Waals surface area (Å²) >= 11 is 0. The number of hydrogen-bond acceptors (Lipinski definition) is 6. The molecule has 1 heterocycles. The fraction of sp³-hybridized carbons (Fsp3) is 0.880. The minimum Gasteiger partial charge on any atom is -0.462 e. The van der Waals surface area contributed by atoms with Gasteiger partial charge >= 0.3 is 5.97 Å². The van der Waals surface area contributed by atoms with Crippen LogP contribution in [0.3, 0.4) is 0 Å². The average molecular weight is 433 g/mol. The number of ketones is 2. The molecule has 1 saturated heterocycles. The van der Waals surface area contributed by atoms with E-state index in [9.17, 15) is 14.4 Å². The molecule has 5 fully saturated rings. The minimum absolute atomic E-state index is 0.00480. The van der Waals surface area contributed by atoms with Crippen LogP contribution >= 0.6 is 0 Å². The first-order valence-corrected chi connectivity index (χ1v) is 12.1. The molecule has 4 saturated carbocycles. The molecular formula is C25H36O6. The van der Waals surface area contributed by atoms with Crippen LogP contribution in [0.4, 0.5) is 0 Å². The minimum atomic E-state index is -0.749. The van der Waals surface area contributed by atoms with Gasteiger partial charge in [-0.05, 0) is 62.2 Å². The zero-order chi connectivity index (χ0) is 22.2. The molecule has 6 heteroatoms. The Morgan fingerprint density at radius 2 is 1.71 bits per heavy atom. The molecule has 0 unspecified atom stereocenters. The van der Waals surface area contributed by atoms with E-state index >= 15 is 0 Å². The number of ether oxygens (including phenoxy) is 3. The van der Waals surface area contributed by atoms with Crippen molar-refractivity contribution in [3.05, 3.63) is 0 Å². The molecule has 172 valence electrons. The SMILES string of the molecule is CC(=O)O[C@@H]1C[C@]2(C)[C@H](CC[C@H]2C(C)=O)[C@H]2CC[C@H]3CC4(CC(=O)[C@]3(C)[C@@H]21)OCCO4. The Kier molecular flexibility index (Phi) is 4.95. The molecule has 5 rings (SSSR count). The maximum Gasteiger partial charge on any atom is 0.302 e. The zero-order valence-corrected chi connectivity index (χ0v) is 19.3. The molecule has 0 aromatic carbocycles. The lowest BCUT2D eigenvalue weighted by molar-refractivity contribution is -0.234. The molecule has 0 radical (unpaired) electrons. The van der Waals surface area contributed by atoms with E-state index in [4.69, 9.17) is 14.2 Å². The van der Waals surface area contributed by atoms with Crippen LogP contribution in [0.15, 0.2) is 0 Å². The van der Waals surface area contributed by atoms with Crippen molar-refractivity contribution in [1.29, 1.82) is 0 Å². The van der Waals surface area contributed by atoms with Crippen molar-refractivity contribution < 1.29 is 28.6 Å². The lowest BCUT2D eigenvalue weighted by Gasteiger charge is -2.62. The van der Waals surface area contributed by atoms with Crippen molar-refractivity contribution >= 4 is 17.5 Å². The molecule has 1 aliphatic heterocycles. The second kappa shape index (κ2) is 7.11. The van der Waals surface area contributed by atoms with Gasteiger partial charge in [0.15, 0.2) is 5.79 Å². The number of fused-ring (bicyclic) bond motifs is 5. The summed E-state index contributed by atoms with van der Waals surface area (Å²) in [7, 11) is 0. The van der Waals surface area contributed by atoms with E-state index in [0.717, 1.165) is 32.1 Å². The second-order valence-corrected chi connectivity index (χ2v) is 11.4. The van der Waals surface area contributed by atoms with Crippen LogP contribution in [0.1, 0.15) is 72.6 Å². The number of carbonyl (C=O) groups excluding carboxylic acids is 3. The lowest BCUT2D eigenvalue weighted by Crippen LogP contribution is -2.64. The van der Waals surface area contributed by atoms with Crippen molar-refractivity contribution in [2.45, 2.75) is 84.5 Å². The third-order valence-corrected chi connectivity index (χ3v) is 10.0. The van der Waals surface area contributed by atoms with Gasteiger partial charge in [-0.1, -0.05) is 13.8 Å². The first-order valence-electron chi connectivity index (χ1n) is 12.1. The van der Waals surface area contributed by atoms with Gasteiger partial charge in [-0.25, -0.2) is 0 Å². The molecule has 31 heavy (non-hydrogen) atoms. The van der Waals surface area contributed by atoms with Gasteiger partial charge in [-0.2, -0.15) is 0 Å². The van der Waals surface area contributed by atoms with Gasteiger partial charge in [0.1, 0.15) is 17.7 Å². The van der Waals surface area contributed by atoms with Crippen molar-refractivity contribution in [2.75, 3.05) is 13.2 Å². The largest absolute Gasteiger partial charge is 0.462 e. The Labute approximate surface area is 184 Å². The molecule has 1 spiro atoms. The standard InChI is InChI=1S/C25H36O6/c1-14(26)18-7-8-19-17-6-5-16-11-25(29-9-10-30-25)13-21(28)24(16,4)22(17)20(31-15(2)27)12-23(18,19)3/h16-20,22H,5-13H2,1-4H3/t16-,17+,18-,19+,20+,22-,23-,24+/m0/s1.